The summed E-state index contributed by atoms with van der Waals surface area (Å²) in [5.41, 5.74) is 1.13. The smallest absolute Gasteiger partial charge is 0.237 e. The average molecular weight is 250 g/mol. The van der Waals surface area contributed by atoms with Crippen molar-refractivity contribution in [3.05, 3.63) is 36.4 Å². The summed E-state index contributed by atoms with van der Waals surface area (Å²) in [5.74, 6) is 0.983. The Bertz CT molecular complexity index is 321. The maximum Gasteiger partial charge on any atom is 0.237 e. The van der Waals surface area contributed by atoms with Crippen LogP contribution in [0.3, 0.4) is 0 Å². The van der Waals surface area contributed by atoms with E-state index < -0.39 is 9.04 Å². The van der Waals surface area contributed by atoms with Crippen LogP contribution in [0, 0.1) is 0 Å². The highest BCUT2D eigenvalue weighted by Crippen LogP contribution is 2.16. The normalized spacial score (nSPS) is 12.1. The molecule has 0 aliphatic heterocycles. The molecule has 0 aromatic heterocycles. The van der Waals surface area contributed by atoms with Crippen LogP contribution in [0.25, 0.3) is 6.08 Å². The van der Waals surface area contributed by atoms with E-state index in [1.807, 2.05) is 30.3 Å². The fraction of sp³-hybridized carbons (Fsp3) is 0.429. The number of hydrogen-bond donors (Lipinski definition) is 0. The molecule has 0 heterocycles. The standard InChI is InChI=1S/C14H22O2Si/c1-4-11-17(12-10-15-3)16-14-8-6-13(5-2)7-9-14/h5-9,17H,2,4,10-12H2,1,3H3. The molecular weight excluding hydrogens is 228 g/mol. The van der Waals surface area contributed by atoms with E-state index in [1.54, 1.807) is 7.11 Å². The monoisotopic (exact) mass is 250 g/mol. The molecule has 0 saturated carbocycles. The molecule has 2 nitrogen and oxygen atoms in total. The zero-order chi connectivity index (χ0) is 12.5. The first-order chi connectivity index (χ1) is 8.30. The summed E-state index contributed by atoms with van der Waals surface area (Å²) in [6.45, 7) is 6.76. The Labute approximate surface area is 106 Å². The maximum atomic E-state index is 6.08. The number of benzene rings is 1. The topological polar surface area (TPSA) is 18.5 Å². The number of ether oxygens (including phenoxy) is 1. The van der Waals surface area contributed by atoms with Gasteiger partial charge in [0.25, 0.3) is 0 Å². The van der Waals surface area contributed by atoms with Gasteiger partial charge in [0.1, 0.15) is 5.75 Å². The van der Waals surface area contributed by atoms with Gasteiger partial charge in [-0.1, -0.05) is 38.1 Å². The van der Waals surface area contributed by atoms with Crippen LogP contribution >= 0.6 is 0 Å². The molecule has 1 atom stereocenters. The van der Waals surface area contributed by atoms with Gasteiger partial charge in [-0.2, -0.15) is 0 Å². The van der Waals surface area contributed by atoms with Gasteiger partial charge in [-0.3, -0.25) is 0 Å². The van der Waals surface area contributed by atoms with Crippen molar-refractivity contribution in [1.82, 2.24) is 0 Å². The van der Waals surface area contributed by atoms with Crippen molar-refractivity contribution in [1.29, 1.82) is 0 Å². The van der Waals surface area contributed by atoms with Crippen molar-refractivity contribution in [3.8, 4) is 5.75 Å². The molecule has 0 amide bonds. The molecule has 0 radical (unpaired) electrons. The third kappa shape index (κ3) is 5.19. The molecule has 0 fully saturated rings. The lowest BCUT2D eigenvalue weighted by molar-refractivity contribution is 0.212. The van der Waals surface area contributed by atoms with E-state index in [2.05, 4.69) is 13.5 Å². The third-order valence-corrected chi connectivity index (χ3v) is 5.38. The van der Waals surface area contributed by atoms with Crippen molar-refractivity contribution in [3.63, 3.8) is 0 Å². The molecule has 3 heteroatoms. The van der Waals surface area contributed by atoms with Gasteiger partial charge in [0.15, 0.2) is 0 Å². The van der Waals surface area contributed by atoms with Gasteiger partial charge in [-0.05, 0) is 29.8 Å². The van der Waals surface area contributed by atoms with E-state index in [0.29, 0.717) is 0 Å². The number of hydrogen-bond acceptors (Lipinski definition) is 2. The molecule has 94 valence electrons. The molecule has 1 rings (SSSR count). The summed E-state index contributed by atoms with van der Waals surface area (Å²) in [7, 11) is 0.593. The van der Waals surface area contributed by atoms with Gasteiger partial charge < -0.3 is 9.16 Å². The zero-order valence-corrected chi connectivity index (χ0v) is 12.0. The second kappa shape index (κ2) is 8.09. The summed E-state index contributed by atoms with van der Waals surface area (Å²) in [6.07, 6.45) is 3.03. The first-order valence-corrected chi connectivity index (χ1v) is 8.28. The van der Waals surface area contributed by atoms with Gasteiger partial charge in [-0.15, -0.1) is 0 Å². The van der Waals surface area contributed by atoms with E-state index in [0.717, 1.165) is 24.0 Å². The first-order valence-electron chi connectivity index (χ1n) is 6.18. The van der Waals surface area contributed by atoms with E-state index in [-0.39, 0.29) is 0 Å². The lowest BCUT2D eigenvalue weighted by atomic mass is 10.2. The number of rotatable bonds is 8. The minimum atomic E-state index is -1.15. The van der Waals surface area contributed by atoms with Gasteiger partial charge in [0, 0.05) is 13.7 Å². The largest absolute Gasteiger partial charge is 0.546 e. The fourth-order valence-electron chi connectivity index (χ4n) is 1.71. The summed E-state index contributed by atoms with van der Waals surface area (Å²) in [6, 6.07) is 10.4. The molecule has 1 aromatic carbocycles. The van der Waals surface area contributed by atoms with Crippen molar-refractivity contribution >= 4 is 15.1 Å². The minimum absolute atomic E-state index is 0.807. The summed E-state index contributed by atoms with van der Waals surface area (Å²) >= 11 is 0. The van der Waals surface area contributed by atoms with E-state index in [9.17, 15) is 0 Å². The minimum Gasteiger partial charge on any atom is -0.546 e. The lowest BCUT2D eigenvalue weighted by Gasteiger charge is -2.17. The van der Waals surface area contributed by atoms with Crippen LogP contribution < -0.4 is 4.43 Å². The van der Waals surface area contributed by atoms with Crippen LogP contribution in [0.2, 0.25) is 12.1 Å². The third-order valence-electron chi connectivity index (χ3n) is 2.67. The second-order valence-electron chi connectivity index (χ2n) is 4.08. The van der Waals surface area contributed by atoms with Crippen LogP contribution in [0.4, 0.5) is 0 Å². The molecule has 1 aromatic rings. The zero-order valence-electron chi connectivity index (χ0n) is 10.8. The van der Waals surface area contributed by atoms with E-state index >= 15 is 0 Å². The summed E-state index contributed by atoms with van der Waals surface area (Å²) in [5, 5.41) is 0. The Kier molecular flexibility index (Phi) is 6.66. The lowest BCUT2D eigenvalue weighted by Crippen LogP contribution is -2.23. The highest BCUT2D eigenvalue weighted by molar-refractivity contribution is 6.52. The van der Waals surface area contributed by atoms with Crippen LogP contribution in [0.5, 0.6) is 5.75 Å². The fourth-order valence-corrected chi connectivity index (χ4v) is 3.92. The Hall–Kier alpha value is -1.06. The Balaban J connectivity index is 2.54. The van der Waals surface area contributed by atoms with Gasteiger partial charge in [0.05, 0.1) is 0 Å². The SMILES string of the molecule is C=Cc1ccc(O[SiH](CCC)CCOC)cc1. The summed E-state index contributed by atoms with van der Waals surface area (Å²) in [4.78, 5) is 0. The predicted molar refractivity (Wildman–Crippen MR) is 76.1 cm³/mol. The van der Waals surface area contributed by atoms with E-state index in [4.69, 9.17) is 9.16 Å². The van der Waals surface area contributed by atoms with Crippen molar-refractivity contribution in [2.24, 2.45) is 0 Å². The predicted octanol–water partition coefficient (Wildman–Crippen LogP) is 3.49. The molecule has 17 heavy (non-hydrogen) atoms. The molecule has 0 saturated heterocycles. The Morgan fingerprint density at radius 3 is 2.47 bits per heavy atom. The van der Waals surface area contributed by atoms with Crippen molar-refractivity contribution < 1.29 is 9.16 Å². The first kappa shape index (κ1) is 14.0. The van der Waals surface area contributed by atoms with Crippen molar-refractivity contribution in [2.75, 3.05) is 13.7 Å². The average Bonchev–Trinajstić information content (AvgIpc) is 2.37. The van der Waals surface area contributed by atoms with Gasteiger partial charge >= 0.3 is 0 Å². The Morgan fingerprint density at radius 2 is 1.94 bits per heavy atom. The number of methoxy groups -OCH3 is 1. The van der Waals surface area contributed by atoms with Crippen molar-refractivity contribution in [2.45, 2.75) is 25.4 Å². The second-order valence-corrected chi connectivity index (χ2v) is 6.72. The molecular formula is C14H22O2Si. The van der Waals surface area contributed by atoms with Gasteiger partial charge in [0.2, 0.25) is 9.04 Å². The Morgan fingerprint density at radius 1 is 1.24 bits per heavy atom. The summed E-state index contributed by atoms with van der Waals surface area (Å²) < 4.78 is 11.2. The molecule has 1 unspecified atom stereocenters. The highest BCUT2D eigenvalue weighted by Gasteiger charge is 2.12. The molecule has 0 aliphatic carbocycles. The van der Waals surface area contributed by atoms with Crippen LogP contribution in [0.1, 0.15) is 18.9 Å². The quantitative estimate of drug-likeness (QED) is 0.658. The highest BCUT2D eigenvalue weighted by atomic mass is 28.3. The van der Waals surface area contributed by atoms with E-state index in [1.165, 1.54) is 12.5 Å². The van der Waals surface area contributed by atoms with Crippen LogP contribution in [-0.2, 0) is 4.74 Å². The molecule has 0 bridgehead atoms. The molecule has 0 aliphatic rings. The van der Waals surface area contributed by atoms with Crippen LogP contribution in [0.15, 0.2) is 30.8 Å². The van der Waals surface area contributed by atoms with Gasteiger partial charge in [-0.25, -0.2) is 0 Å². The molecule has 0 N–H and O–H groups in total. The molecule has 0 spiro atoms. The maximum absolute atomic E-state index is 6.08. The van der Waals surface area contributed by atoms with Crippen LogP contribution in [-0.4, -0.2) is 22.8 Å².